The van der Waals surface area contributed by atoms with E-state index >= 15 is 0 Å². The average Bonchev–Trinajstić information content (AvgIpc) is 3.09. The van der Waals surface area contributed by atoms with Gasteiger partial charge in [0.25, 0.3) is 11.6 Å². The predicted molar refractivity (Wildman–Crippen MR) is 110 cm³/mol. The molecular weight excluding hydrogens is 426 g/mol. The summed E-state index contributed by atoms with van der Waals surface area (Å²) in [4.78, 5) is 39.8. The lowest BCUT2D eigenvalue weighted by atomic mass is 10.2. The minimum atomic E-state index is -0.953. The van der Waals surface area contributed by atoms with Gasteiger partial charge < -0.3 is 18.8 Å². The molecule has 1 aliphatic rings. The maximum absolute atomic E-state index is 12.8. The molecule has 0 spiro atoms. The summed E-state index contributed by atoms with van der Waals surface area (Å²) in [6.45, 7) is 1.69. The van der Waals surface area contributed by atoms with Crippen LogP contribution in [0, 0.1) is 10.1 Å². The van der Waals surface area contributed by atoms with Crippen LogP contribution in [-0.4, -0.2) is 40.7 Å². The normalized spacial score (nSPS) is 15.6. The van der Waals surface area contributed by atoms with Crippen molar-refractivity contribution in [2.75, 3.05) is 13.2 Å². The first kappa shape index (κ1) is 20.5. The molecule has 11 heteroatoms. The number of ether oxygens (including phenoxy) is 3. The molecule has 0 saturated carbocycles. The van der Waals surface area contributed by atoms with E-state index in [1.807, 2.05) is 0 Å². The third kappa shape index (κ3) is 4.26. The summed E-state index contributed by atoms with van der Waals surface area (Å²) in [6.07, 6.45) is -0.953. The second-order valence-electron chi connectivity index (χ2n) is 6.50. The first-order valence-corrected chi connectivity index (χ1v) is 10.2. The molecule has 31 heavy (non-hydrogen) atoms. The van der Waals surface area contributed by atoms with Crippen LogP contribution in [0.25, 0.3) is 10.2 Å². The zero-order valence-electron chi connectivity index (χ0n) is 16.3. The number of fused-ring (bicyclic) bond motifs is 2. The van der Waals surface area contributed by atoms with E-state index in [-0.39, 0.29) is 30.2 Å². The summed E-state index contributed by atoms with van der Waals surface area (Å²) < 4.78 is 18.3. The molecule has 2 aromatic carbocycles. The van der Waals surface area contributed by atoms with Crippen molar-refractivity contribution in [3.8, 4) is 11.5 Å². The van der Waals surface area contributed by atoms with E-state index in [9.17, 15) is 19.7 Å². The van der Waals surface area contributed by atoms with Crippen molar-refractivity contribution in [1.82, 2.24) is 4.57 Å². The van der Waals surface area contributed by atoms with E-state index in [1.165, 1.54) is 22.8 Å². The van der Waals surface area contributed by atoms with Crippen LogP contribution in [0.15, 0.2) is 47.5 Å². The van der Waals surface area contributed by atoms with E-state index in [1.54, 1.807) is 31.2 Å². The van der Waals surface area contributed by atoms with Gasteiger partial charge in [0.2, 0.25) is 6.10 Å². The van der Waals surface area contributed by atoms with Crippen LogP contribution < -0.4 is 14.3 Å². The maximum Gasteiger partial charge on any atom is 0.326 e. The lowest BCUT2D eigenvalue weighted by molar-refractivity contribution is -0.384. The second kappa shape index (κ2) is 8.56. The van der Waals surface area contributed by atoms with E-state index in [2.05, 4.69) is 4.99 Å². The van der Waals surface area contributed by atoms with Crippen LogP contribution in [-0.2, 0) is 20.9 Å². The molecule has 0 bridgehead atoms. The van der Waals surface area contributed by atoms with Crippen molar-refractivity contribution < 1.29 is 28.7 Å². The molecule has 0 N–H and O–H groups in total. The molecule has 1 atom stereocenters. The number of aromatic nitrogens is 1. The molecule has 1 amide bonds. The van der Waals surface area contributed by atoms with Crippen LogP contribution in [0.4, 0.5) is 5.69 Å². The van der Waals surface area contributed by atoms with E-state index in [0.717, 1.165) is 11.3 Å². The number of para-hydroxylation sites is 2. The Kier molecular flexibility index (Phi) is 5.67. The number of carbonyl (C=O) groups excluding carboxylic acids is 2. The van der Waals surface area contributed by atoms with Gasteiger partial charge in [-0.05, 0) is 25.1 Å². The summed E-state index contributed by atoms with van der Waals surface area (Å²) in [6, 6.07) is 11.2. The molecule has 2 heterocycles. The summed E-state index contributed by atoms with van der Waals surface area (Å²) in [5.74, 6) is -0.124. The number of thiazole rings is 1. The fourth-order valence-corrected chi connectivity index (χ4v) is 4.12. The molecule has 0 unspecified atom stereocenters. The van der Waals surface area contributed by atoms with Crippen molar-refractivity contribution in [3.05, 3.63) is 57.4 Å². The van der Waals surface area contributed by atoms with Gasteiger partial charge in [-0.15, -0.1) is 0 Å². The SMILES string of the molecule is CCOC(=O)Cn1c(=NC(=O)[C@@H]2COc3ccccc3O2)sc2cc([N+](=O)[O-])ccc21. The number of benzene rings is 2. The van der Waals surface area contributed by atoms with Gasteiger partial charge in [-0.1, -0.05) is 23.5 Å². The predicted octanol–water partition coefficient (Wildman–Crippen LogP) is 2.44. The van der Waals surface area contributed by atoms with Gasteiger partial charge in [0.15, 0.2) is 16.3 Å². The van der Waals surface area contributed by atoms with Crippen LogP contribution >= 0.6 is 11.3 Å². The van der Waals surface area contributed by atoms with Crippen LogP contribution in [0.5, 0.6) is 11.5 Å². The number of nitrogens with zero attached hydrogens (tertiary/aromatic N) is 3. The highest BCUT2D eigenvalue weighted by atomic mass is 32.1. The number of nitro benzene ring substituents is 1. The number of rotatable bonds is 5. The standard InChI is InChI=1S/C20H17N3O7S/c1-2-28-18(24)10-22-13-8-7-12(23(26)27)9-17(13)31-20(22)21-19(25)16-11-29-14-5-3-4-6-15(14)30-16/h3-9,16H,2,10-11H2,1H3/t16-/m0/s1. The van der Waals surface area contributed by atoms with Gasteiger partial charge in [0.05, 0.1) is 21.7 Å². The Morgan fingerprint density at radius 3 is 2.81 bits per heavy atom. The molecule has 1 aliphatic heterocycles. The smallest absolute Gasteiger partial charge is 0.326 e. The highest BCUT2D eigenvalue weighted by molar-refractivity contribution is 7.16. The number of esters is 1. The molecule has 0 aliphatic carbocycles. The molecule has 0 fully saturated rings. The Labute approximate surface area is 179 Å². The molecule has 4 rings (SSSR count). The molecule has 1 aromatic heterocycles. The Balaban J connectivity index is 1.72. The van der Waals surface area contributed by atoms with Crippen LogP contribution in [0.3, 0.4) is 0 Å². The van der Waals surface area contributed by atoms with Crippen molar-refractivity contribution >= 4 is 39.1 Å². The summed E-state index contributed by atoms with van der Waals surface area (Å²) in [5.41, 5.74) is 0.428. The minimum absolute atomic E-state index is 0.00636. The quantitative estimate of drug-likeness (QED) is 0.337. The van der Waals surface area contributed by atoms with E-state index < -0.39 is 22.9 Å². The molecule has 3 aromatic rings. The summed E-state index contributed by atoms with van der Waals surface area (Å²) in [5, 5.41) is 11.1. The number of hydrogen-bond acceptors (Lipinski definition) is 8. The van der Waals surface area contributed by atoms with Crippen molar-refractivity contribution in [2.24, 2.45) is 4.99 Å². The summed E-state index contributed by atoms with van der Waals surface area (Å²) >= 11 is 1.06. The molecule has 160 valence electrons. The van der Waals surface area contributed by atoms with Gasteiger partial charge in [0.1, 0.15) is 13.2 Å². The summed E-state index contributed by atoms with van der Waals surface area (Å²) in [7, 11) is 0. The maximum atomic E-state index is 12.8. The van der Waals surface area contributed by atoms with Gasteiger partial charge in [-0.3, -0.25) is 19.7 Å². The first-order valence-electron chi connectivity index (χ1n) is 9.36. The van der Waals surface area contributed by atoms with Gasteiger partial charge >= 0.3 is 5.97 Å². The van der Waals surface area contributed by atoms with Crippen molar-refractivity contribution in [3.63, 3.8) is 0 Å². The van der Waals surface area contributed by atoms with E-state index in [0.29, 0.717) is 21.7 Å². The zero-order chi connectivity index (χ0) is 22.0. The van der Waals surface area contributed by atoms with Crippen LogP contribution in [0.1, 0.15) is 6.92 Å². The third-order valence-corrected chi connectivity index (χ3v) is 5.50. The van der Waals surface area contributed by atoms with Crippen molar-refractivity contribution in [1.29, 1.82) is 0 Å². The van der Waals surface area contributed by atoms with E-state index in [4.69, 9.17) is 14.2 Å². The fourth-order valence-electron chi connectivity index (χ4n) is 3.06. The first-order chi connectivity index (χ1) is 15.0. The Morgan fingerprint density at radius 1 is 1.29 bits per heavy atom. The number of carbonyl (C=O) groups is 2. The van der Waals surface area contributed by atoms with Gasteiger partial charge in [-0.2, -0.15) is 4.99 Å². The lowest BCUT2D eigenvalue weighted by Gasteiger charge is -2.23. The third-order valence-electron chi connectivity index (χ3n) is 4.46. The largest absolute Gasteiger partial charge is 0.485 e. The Morgan fingerprint density at radius 2 is 2.06 bits per heavy atom. The number of hydrogen-bond donors (Lipinski definition) is 0. The zero-order valence-corrected chi connectivity index (χ0v) is 17.2. The topological polar surface area (TPSA) is 122 Å². The number of non-ortho nitro benzene ring substituents is 1. The Hall–Kier alpha value is -3.73. The fraction of sp³-hybridized carbons (Fsp3) is 0.250. The lowest BCUT2D eigenvalue weighted by Crippen LogP contribution is -2.37. The van der Waals surface area contributed by atoms with Crippen LogP contribution in [0.2, 0.25) is 0 Å². The monoisotopic (exact) mass is 443 g/mol. The second-order valence-corrected chi connectivity index (χ2v) is 7.51. The van der Waals surface area contributed by atoms with Gasteiger partial charge in [0, 0.05) is 12.1 Å². The highest BCUT2D eigenvalue weighted by Gasteiger charge is 2.27. The highest BCUT2D eigenvalue weighted by Crippen LogP contribution is 2.31. The molecule has 0 radical (unpaired) electrons. The molecule has 0 saturated heterocycles. The minimum Gasteiger partial charge on any atom is -0.485 e. The molecule has 10 nitrogen and oxygen atoms in total. The van der Waals surface area contributed by atoms with Gasteiger partial charge in [-0.25, -0.2) is 0 Å². The Bertz CT molecular complexity index is 1250. The number of nitro groups is 1. The van der Waals surface area contributed by atoms with Crippen molar-refractivity contribution in [2.45, 2.75) is 19.6 Å². The molecular formula is C20H17N3O7S. The average molecular weight is 443 g/mol. The number of amides is 1.